The average molecular weight is 475 g/mol. The van der Waals surface area contributed by atoms with E-state index >= 15 is 0 Å². The van der Waals surface area contributed by atoms with Crippen LogP contribution in [-0.4, -0.2) is 47.1 Å². The van der Waals surface area contributed by atoms with Crippen LogP contribution in [0.3, 0.4) is 0 Å². The summed E-state index contributed by atoms with van der Waals surface area (Å²) in [6.45, 7) is 5.40. The van der Waals surface area contributed by atoms with E-state index < -0.39 is 4.92 Å². The zero-order valence-corrected chi connectivity index (χ0v) is 19.3. The molecule has 0 saturated carbocycles. The Morgan fingerprint density at radius 2 is 1.79 bits per heavy atom. The van der Waals surface area contributed by atoms with E-state index in [-0.39, 0.29) is 11.6 Å². The van der Waals surface area contributed by atoms with Gasteiger partial charge in [-0.25, -0.2) is 0 Å². The highest BCUT2D eigenvalue weighted by Gasteiger charge is 2.29. The maximum Gasteiger partial charge on any atom is 0.286 e. The Bertz CT molecular complexity index is 1320. The van der Waals surface area contributed by atoms with Crippen molar-refractivity contribution in [2.45, 2.75) is 6.92 Å². The lowest BCUT2D eigenvalue weighted by Gasteiger charge is -2.36. The predicted molar refractivity (Wildman–Crippen MR) is 134 cm³/mol. The van der Waals surface area contributed by atoms with Crippen LogP contribution in [0.5, 0.6) is 0 Å². The number of hydrogen-bond acceptors (Lipinski definition) is 7. The summed E-state index contributed by atoms with van der Waals surface area (Å²) >= 11 is 1.35. The van der Waals surface area contributed by atoms with Crippen LogP contribution in [0.4, 0.5) is 11.4 Å². The minimum Gasteiger partial charge on any atom is -0.457 e. The van der Waals surface area contributed by atoms with Gasteiger partial charge in [-0.05, 0) is 48.5 Å². The lowest BCUT2D eigenvalue weighted by molar-refractivity contribution is -0.384. The van der Waals surface area contributed by atoms with Gasteiger partial charge in [0, 0.05) is 55.6 Å². The first-order valence-electron chi connectivity index (χ1n) is 10.9. The molecule has 34 heavy (non-hydrogen) atoms. The van der Waals surface area contributed by atoms with Crippen LogP contribution in [0, 0.1) is 17.0 Å². The summed E-state index contributed by atoms with van der Waals surface area (Å²) in [6.07, 6.45) is 1.67. The molecular weight excluding hydrogens is 452 g/mol. The lowest BCUT2D eigenvalue weighted by atomic mass is 10.1. The van der Waals surface area contributed by atoms with E-state index in [1.54, 1.807) is 30.3 Å². The standard InChI is InChI=1S/C25H22N4O4S/c1-17-4-2-6-19(14-17)27-10-12-28(13-11-27)25-26-24(30)23(34-25)16-21-8-9-22(33-21)18-5-3-7-20(15-18)29(31)32/h2-9,14-16H,10-13H2,1H3/b23-16+. The van der Waals surface area contributed by atoms with Gasteiger partial charge in [-0.1, -0.05) is 24.3 Å². The molecule has 2 aliphatic heterocycles. The van der Waals surface area contributed by atoms with Crippen molar-refractivity contribution >= 4 is 40.3 Å². The Kier molecular flexibility index (Phi) is 5.93. The van der Waals surface area contributed by atoms with Gasteiger partial charge in [0.15, 0.2) is 5.17 Å². The maximum absolute atomic E-state index is 12.5. The molecule has 3 heterocycles. The summed E-state index contributed by atoms with van der Waals surface area (Å²) in [5.41, 5.74) is 3.06. The lowest BCUT2D eigenvalue weighted by Crippen LogP contribution is -2.47. The number of non-ortho nitro benzene ring substituents is 1. The molecule has 0 radical (unpaired) electrons. The highest BCUT2D eigenvalue weighted by molar-refractivity contribution is 8.18. The topological polar surface area (TPSA) is 92.2 Å². The summed E-state index contributed by atoms with van der Waals surface area (Å²) in [6, 6.07) is 18.2. The number of aryl methyl sites for hydroxylation is 1. The van der Waals surface area contributed by atoms with Gasteiger partial charge >= 0.3 is 0 Å². The van der Waals surface area contributed by atoms with Gasteiger partial charge in [0.05, 0.1) is 9.83 Å². The molecular formula is C25H22N4O4S. The molecule has 1 aromatic heterocycles. The number of hydrogen-bond donors (Lipinski definition) is 0. The minimum atomic E-state index is -0.442. The van der Waals surface area contributed by atoms with Gasteiger partial charge in [0.2, 0.25) is 0 Å². The summed E-state index contributed by atoms with van der Waals surface area (Å²) in [4.78, 5) is 32.4. The second-order valence-electron chi connectivity index (χ2n) is 8.13. The van der Waals surface area contributed by atoms with Gasteiger partial charge in [0.1, 0.15) is 11.5 Å². The fourth-order valence-electron chi connectivity index (χ4n) is 4.00. The number of anilines is 1. The summed E-state index contributed by atoms with van der Waals surface area (Å²) < 4.78 is 5.83. The SMILES string of the molecule is Cc1cccc(N2CCN(C3=NC(=O)/C(=C\c4ccc(-c5cccc([N+](=O)[O-])c5)o4)S3)CC2)c1. The average Bonchev–Trinajstić information content (AvgIpc) is 3.46. The molecule has 0 bridgehead atoms. The Hall–Kier alpha value is -3.85. The number of piperazine rings is 1. The predicted octanol–water partition coefficient (Wildman–Crippen LogP) is 4.96. The third-order valence-electron chi connectivity index (χ3n) is 5.77. The summed E-state index contributed by atoms with van der Waals surface area (Å²) in [5, 5.41) is 11.7. The van der Waals surface area contributed by atoms with E-state index in [0.717, 1.165) is 26.2 Å². The van der Waals surface area contributed by atoms with Crippen molar-refractivity contribution in [3.8, 4) is 11.3 Å². The number of nitro groups is 1. The number of carbonyl (C=O) groups is 1. The number of amides is 1. The Labute approximate surface area is 200 Å². The molecule has 0 N–H and O–H groups in total. The van der Waals surface area contributed by atoms with Crippen molar-refractivity contribution in [3.05, 3.63) is 87.0 Å². The van der Waals surface area contributed by atoms with Crippen LogP contribution >= 0.6 is 11.8 Å². The largest absolute Gasteiger partial charge is 0.457 e. The molecule has 0 aliphatic carbocycles. The van der Waals surface area contributed by atoms with Crippen LogP contribution in [0.15, 0.2) is 75.0 Å². The fraction of sp³-hybridized carbons (Fsp3) is 0.200. The zero-order valence-electron chi connectivity index (χ0n) is 18.5. The van der Waals surface area contributed by atoms with Crippen LogP contribution in [0.1, 0.15) is 11.3 Å². The van der Waals surface area contributed by atoms with Crippen molar-refractivity contribution in [2.75, 3.05) is 31.1 Å². The molecule has 1 saturated heterocycles. The summed E-state index contributed by atoms with van der Waals surface area (Å²) in [7, 11) is 0. The number of aliphatic imine (C=N–C) groups is 1. The van der Waals surface area contributed by atoms with E-state index in [1.165, 1.54) is 35.1 Å². The van der Waals surface area contributed by atoms with Gasteiger partial charge in [-0.15, -0.1) is 0 Å². The maximum atomic E-state index is 12.5. The molecule has 3 aromatic rings. The first-order chi connectivity index (χ1) is 16.5. The molecule has 0 unspecified atom stereocenters. The number of carbonyl (C=O) groups excluding carboxylic acids is 1. The molecule has 0 spiro atoms. The quantitative estimate of drug-likeness (QED) is 0.300. The second kappa shape index (κ2) is 9.18. The van der Waals surface area contributed by atoms with E-state index in [1.807, 2.05) is 0 Å². The zero-order chi connectivity index (χ0) is 23.7. The van der Waals surface area contributed by atoms with Crippen molar-refractivity contribution < 1.29 is 14.1 Å². The van der Waals surface area contributed by atoms with Crippen LogP contribution in [-0.2, 0) is 4.79 Å². The highest BCUT2D eigenvalue weighted by atomic mass is 32.2. The normalized spacial score (nSPS) is 17.4. The van der Waals surface area contributed by atoms with Gasteiger partial charge < -0.3 is 14.2 Å². The Balaban J connectivity index is 1.24. The molecule has 0 atom stereocenters. The molecule has 172 valence electrons. The number of nitro benzene ring substituents is 1. The molecule has 9 heteroatoms. The number of thioether (sulfide) groups is 1. The van der Waals surface area contributed by atoms with Gasteiger partial charge in [-0.3, -0.25) is 14.9 Å². The molecule has 5 rings (SSSR count). The Morgan fingerprint density at radius 3 is 2.56 bits per heavy atom. The van der Waals surface area contributed by atoms with Gasteiger partial charge in [-0.2, -0.15) is 4.99 Å². The minimum absolute atomic E-state index is 0.00383. The fourth-order valence-corrected chi connectivity index (χ4v) is 4.95. The summed E-state index contributed by atoms with van der Waals surface area (Å²) in [5.74, 6) is 0.715. The third kappa shape index (κ3) is 4.60. The van der Waals surface area contributed by atoms with Crippen molar-refractivity contribution in [1.82, 2.24) is 4.90 Å². The molecule has 1 amide bonds. The van der Waals surface area contributed by atoms with Crippen LogP contribution in [0.2, 0.25) is 0 Å². The van der Waals surface area contributed by atoms with Crippen molar-refractivity contribution in [2.24, 2.45) is 4.99 Å². The molecule has 1 fully saturated rings. The molecule has 2 aliphatic rings. The van der Waals surface area contributed by atoms with Crippen LogP contribution < -0.4 is 4.90 Å². The van der Waals surface area contributed by atoms with Crippen molar-refractivity contribution in [1.29, 1.82) is 0 Å². The smallest absolute Gasteiger partial charge is 0.286 e. The van der Waals surface area contributed by atoms with E-state index in [2.05, 4.69) is 46.0 Å². The monoisotopic (exact) mass is 474 g/mol. The van der Waals surface area contributed by atoms with Crippen molar-refractivity contribution in [3.63, 3.8) is 0 Å². The van der Waals surface area contributed by atoms with E-state index in [9.17, 15) is 14.9 Å². The third-order valence-corrected chi connectivity index (χ3v) is 6.81. The number of nitrogens with zero attached hydrogens (tertiary/aromatic N) is 4. The Morgan fingerprint density at radius 1 is 1.03 bits per heavy atom. The van der Waals surface area contributed by atoms with Gasteiger partial charge in [0.25, 0.3) is 11.6 Å². The number of rotatable bonds is 4. The number of amidine groups is 1. The number of furan rings is 1. The van der Waals surface area contributed by atoms with Crippen LogP contribution in [0.25, 0.3) is 17.4 Å². The first kappa shape index (κ1) is 22.0. The molecule has 2 aromatic carbocycles. The molecule has 8 nitrogen and oxygen atoms in total. The highest BCUT2D eigenvalue weighted by Crippen LogP contribution is 2.33. The van der Waals surface area contributed by atoms with E-state index in [4.69, 9.17) is 4.42 Å². The second-order valence-corrected chi connectivity index (χ2v) is 9.14. The van der Waals surface area contributed by atoms with E-state index in [0.29, 0.717) is 27.2 Å². The first-order valence-corrected chi connectivity index (χ1v) is 11.7. The number of benzene rings is 2.